The van der Waals surface area contributed by atoms with Gasteiger partial charge in [-0.05, 0) is 13.3 Å². The maximum Gasteiger partial charge on any atom is 0.328 e. The number of rotatable bonds is 5. The van der Waals surface area contributed by atoms with Gasteiger partial charge in [0.1, 0.15) is 6.04 Å². The summed E-state index contributed by atoms with van der Waals surface area (Å²) in [4.78, 5) is 23.2. The summed E-state index contributed by atoms with van der Waals surface area (Å²) in [6.45, 7) is 4.81. The smallest absolute Gasteiger partial charge is 0.328 e. The van der Waals surface area contributed by atoms with Crippen LogP contribution in [0.5, 0.6) is 0 Å². The Kier molecular flexibility index (Phi) is 5.15. The number of carbonyl (C=O) groups excluding carboxylic acids is 2. The fourth-order valence-electron chi connectivity index (χ4n) is 1.46. The summed E-state index contributed by atoms with van der Waals surface area (Å²) >= 11 is 0. The van der Waals surface area contributed by atoms with Gasteiger partial charge < -0.3 is 14.8 Å². The molecule has 0 spiro atoms. The second kappa shape index (κ2) is 6.39. The van der Waals surface area contributed by atoms with Gasteiger partial charge in [-0.1, -0.05) is 12.5 Å². The SMILES string of the molecule is CC/C(C)=C/C(=O)NC(C(=O)OC)C1COC1. The predicted molar refractivity (Wildman–Crippen MR) is 62.3 cm³/mol. The van der Waals surface area contributed by atoms with Gasteiger partial charge >= 0.3 is 5.97 Å². The molecule has 0 aliphatic carbocycles. The maximum atomic E-state index is 11.7. The van der Waals surface area contributed by atoms with Crippen molar-refractivity contribution in [3.63, 3.8) is 0 Å². The topological polar surface area (TPSA) is 64.6 Å². The fraction of sp³-hybridized carbons (Fsp3) is 0.667. The average Bonchev–Trinajstić information content (AvgIpc) is 2.24. The van der Waals surface area contributed by atoms with Gasteiger partial charge in [-0.2, -0.15) is 0 Å². The number of hydrogen-bond donors (Lipinski definition) is 1. The van der Waals surface area contributed by atoms with Crippen molar-refractivity contribution in [1.82, 2.24) is 5.32 Å². The molecule has 1 heterocycles. The van der Waals surface area contributed by atoms with E-state index in [1.54, 1.807) is 0 Å². The van der Waals surface area contributed by atoms with E-state index in [2.05, 4.69) is 10.1 Å². The molecule has 5 heteroatoms. The Balaban J connectivity index is 2.59. The molecule has 1 rings (SSSR count). The molecule has 1 unspecified atom stereocenters. The van der Waals surface area contributed by atoms with Crippen LogP contribution in [0.15, 0.2) is 11.6 Å². The van der Waals surface area contributed by atoms with Crippen molar-refractivity contribution in [3.8, 4) is 0 Å². The van der Waals surface area contributed by atoms with Crippen molar-refractivity contribution < 1.29 is 19.1 Å². The number of allylic oxidation sites excluding steroid dienone is 1. The summed E-state index contributed by atoms with van der Waals surface area (Å²) in [5.74, 6) is -0.664. The highest BCUT2D eigenvalue weighted by atomic mass is 16.5. The first-order valence-corrected chi connectivity index (χ1v) is 5.71. The van der Waals surface area contributed by atoms with Crippen LogP contribution in [0.3, 0.4) is 0 Å². The summed E-state index contributed by atoms with van der Waals surface area (Å²) in [6.07, 6.45) is 2.32. The first kappa shape index (κ1) is 13.7. The van der Waals surface area contributed by atoms with E-state index in [1.807, 2.05) is 13.8 Å². The Morgan fingerprint density at radius 3 is 2.59 bits per heavy atom. The molecule has 0 saturated carbocycles. The number of hydrogen-bond acceptors (Lipinski definition) is 4. The molecule has 0 aromatic rings. The minimum atomic E-state index is -0.609. The highest BCUT2D eigenvalue weighted by Crippen LogP contribution is 2.16. The molecule has 0 bridgehead atoms. The van der Waals surface area contributed by atoms with Crippen molar-refractivity contribution >= 4 is 11.9 Å². The standard InChI is InChI=1S/C12H19NO4/c1-4-8(2)5-10(14)13-11(12(15)16-3)9-6-17-7-9/h5,9,11H,4,6-7H2,1-3H3,(H,13,14)/b8-5+. The molecular formula is C12H19NO4. The normalized spacial score (nSPS) is 18.2. The van der Waals surface area contributed by atoms with Gasteiger partial charge in [-0.25, -0.2) is 4.79 Å². The van der Waals surface area contributed by atoms with Crippen molar-refractivity contribution in [2.75, 3.05) is 20.3 Å². The summed E-state index contributed by atoms with van der Waals surface area (Å²) in [7, 11) is 1.31. The molecule has 1 aliphatic rings. The number of nitrogens with one attached hydrogen (secondary N) is 1. The maximum absolute atomic E-state index is 11.7. The Labute approximate surface area is 101 Å². The van der Waals surface area contributed by atoms with E-state index in [4.69, 9.17) is 4.74 Å². The fourth-order valence-corrected chi connectivity index (χ4v) is 1.46. The van der Waals surface area contributed by atoms with E-state index in [-0.39, 0.29) is 11.8 Å². The molecule has 0 aromatic heterocycles. The van der Waals surface area contributed by atoms with Crippen molar-refractivity contribution in [3.05, 3.63) is 11.6 Å². The van der Waals surface area contributed by atoms with Gasteiger partial charge in [0.05, 0.1) is 20.3 Å². The summed E-state index contributed by atoms with van der Waals surface area (Å²) in [5, 5.41) is 2.66. The molecule has 1 saturated heterocycles. The third kappa shape index (κ3) is 3.85. The van der Waals surface area contributed by atoms with E-state index in [9.17, 15) is 9.59 Å². The lowest BCUT2D eigenvalue weighted by atomic mass is 9.98. The lowest BCUT2D eigenvalue weighted by molar-refractivity contribution is -0.152. The van der Waals surface area contributed by atoms with Crippen LogP contribution < -0.4 is 5.32 Å². The first-order valence-electron chi connectivity index (χ1n) is 5.71. The number of esters is 1. The molecule has 1 amide bonds. The highest BCUT2D eigenvalue weighted by Gasteiger charge is 2.35. The monoisotopic (exact) mass is 241 g/mol. The van der Waals surface area contributed by atoms with Crippen molar-refractivity contribution in [1.29, 1.82) is 0 Å². The quantitative estimate of drug-likeness (QED) is 0.567. The lowest BCUT2D eigenvalue weighted by Crippen LogP contribution is -2.52. The number of amides is 1. The summed E-state index contributed by atoms with van der Waals surface area (Å²) < 4.78 is 9.69. The predicted octanol–water partition coefficient (Wildman–Crippen LogP) is 0.647. The molecule has 1 N–H and O–H groups in total. The van der Waals surface area contributed by atoms with Gasteiger partial charge in [0, 0.05) is 12.0 Å². The summed E-state index contributed by atoms with van der Waals surface area (Å²) in [6, 6.07) is -0.609. The van der Waals surface area contributed by atoms with E-state index in [1.165, 1.54) is 13.2 Å². The molecule has 1 atom stereocenters. The van der Waals surface area contributed by atoms with E-state index in [0.717, 1.165) is 12.0 Å². The first-order chi connectivity index (χ1) is 8.08. The van der Waals surface area contributed by atoms with Crippen LogP contribution in [0, 0.1) is 5.92 Å². The average molecular weight is 241 g/mol. The zero-order valence-corrected chi connectivity index (χ0v) is 10.5. The van der Waals surface area contributed by atoms with Crippen LogP contribution in [-0.2, 0) is 19.1 Å². The van der Waals surface area contributed by atoms with Crippen LogP contribution in [-0.4, -0.2) is 38.2 Å². The van der Waals surface area contributed by atoms with Crippen molar-refractivity contribution in [2.24, 2.45) is 5.92 Å². The Bertz CT molecular complexity index is 320. The third-order valence-electron chi connectivity index (χ3n) is 2.82. The van der Waals surface area contributed by atoms with Gasteiger partial charge in [0.15, 0.2) is 0 Å². The van der Waals surface area contributed by atoms with Crippen molar-refractivity contribution in [2.45, 2.75) is 26.3 Å². The molecule has 1 fully saturated rings. The zero-order valence-electron chi connectivity index (χ0n) is 10.5. The Morgan fingerprint density at radius 1 is 1.53 bits per heavy atom. The van der Waals surface area contributed by atoms with Crippen LogP contribution in [0.4, 0.5) is 0 Å². The minimum absolute atomic E-state index is 0.0155. The van der Waals surface area contributed by atoms with Crippen LogP contribution in [0.25, 0.3) is 0 Å². The van der Waals surface area contributed by atoms with Gasteiger partial charge in [-0.15, -0.1) is 0 Å². The van der Waals surface area contributed by atoms with Gasteiger partial charge in [0.2, 0.25) is 5.91 Å². The Morgan fingerprint density at radius 2 is 2.18 bits per heavy atom. The van der Waals surface area contributed by atoms with E-state index >= 15 is 0 Å². The summed E-state index contributed by atoms with van der Waals surface area (Å²) in [5.41, 5.74) is 0.968. The largest absolute Gasteiger partial charge is 0.467 e. The second-order valence-electron chi connectivity index (χ2n) is 4.15. The number of carbonyl (C=O) groups is 2. The second-order valence-corrected chi connectivity index (χ2v) is 4.15. The van der Waals surface area contributed by atoms with Gasteiger partial charge in [0.25, 0.3) is 0 Å². The third-order valence-corrected chi connectivity index (χ3v) is 2.82. The number of methoxy groups -OCH3 is 1. The van der Waals surface area contributed by atoms with Crippen LogP contribution in [0.2, 0.25) is 0 Å². The van der Waals surface area contributed by atoms with E-state index in [0.29, 0.717) is 13.2 Å². The lowest BCUT2D eigenvalue weighted by Gasteiger charge is -2.32. The zero-order chi connectivity index (χ0) is 12.8. The molecule has 17 heavy (non-hydrogen) atoms. The molecule has 0 aromatic carbocycles. The van der Waals surface area contributed by atoms with Crippen LogP contribution in [0.1, 0.15) is 20.3 Å². The molecule has 1 aliphatic heterocycles. The Hall–Kier alpha value is -1.36. The highest BCUT2D eigenvalue weighted by molar-refractivity contribution is 5.92. The number of ether oxygens (including phenoxy) is 2. The van der Waals surface area contributed by atoms with E-state index < -0.39 is 12.0 Å². The molecule has 5 nitrogen and oxygen atoms in total. The van der Waals surface area contributed by atoms with Crippen LogP contribution >= 0.6 is 0 Å². The molecular weight excluding hydrogens is 222 g/mol. The molecule has 96 valence electrons. The minimum Gasteiger partial charge on any atom is -0.467 e. The molecule has 0 radical (unpaired) electrons. The van der Waals surface area contributed by atoms with Gasteiger partial charge in [-0.3, -0.25) is 4.79 Å².